The van der Waals surface area contributed by atoms with E-state index >= 15 is 0 Å². The molecule has 3 N–H and O–H groups in total. The Balaban J connectivity index is 1.86. The number of aromatic nitrogens is 5. The Morgan fingerprint density at radius 3 is 2.70 bits per heavy atom. The number of nitrogen functional groups attached to an aromatic ring is 1. The van der Waals surface area contributed by atoms with E-state index in [9.17, 15) is 8.78 Å². The average molecular weight is 319 g/mol. The molecule has 0 radical (unpaired) electrons. The number of nitrogens with two attached hydrogens (primary N) is 1. The highest BCUT2D eigenvalue weighted by molar-refractivity contribution is 5.78. The molecule has 0 amide bonds. The molecule has 0 saturated carbocycles. The Hall–Kier alpha value is -2.71. The van der Waals surface area contributed by atoms with Crippen LogP contribution in [0.1, 0.15) is 12.8 Å². The van der Waals surface area contributed by atoms with E-state index in [2.05, 4.69) is 20.3 Å². The number of rotatable bonds is 2. The van der Waals surface area contributed by atoms with Gasteiger partial charge in [0.2, 0.25) is 5.95 Å². The van der Waals surface area contributed by atoms with E-state index in [-0.39, 0.29) is 31.9 Å². The molecule has 1 fully saturated rings. The molecule has 0 aliphatic carbocycles. The van der Waals surface area contributed by atoms with Crippen molar-refractivity contribution in [1.82, 2.24) is 24.8 Å². The number of hydrogen-bond acceptors (Lipinski definition) is 5. The third kappa shape index (κ3) is 2.37. The van der Waals surface area contributed by atoms with E-state index in [1.165, 1.54) is 0 Å². The molecule has 9 heteroatoms. The first-order chi connectivity index (χ1) is 11.0. The van der Waals surface area contributed by atoms with Gasteiger partial charge in [-0.25, -0.2) is 8.78 Å². The van der Waals surface area contributed by atoms with Crippen molar-refractivity contribution in [3.63, 3.8) is 0 Å². The second-order valence-corrected chi connectivity index (χ2v) is 5.64. The summed E-state index contributed by atoms with van der Waals surface area (Å²) in [6.07, 6.45) is 3.07. The van der Waals surface area contributed by atoms with Gasteiger partial charge < -0.3 is 10.6 Å². The van der Waals surface area contributed by atoms with E-state index < -0.39 is 5.92 Å². The molecule has 0 atom stereocenters. The van der Waals surface area contributed by atoms with Crippen molar-refractivity contribution < 1.29 is 8.78 Å². The van der Waals surface area contributed by atoms with Crippen LogP contribution in [0.3, 0.4) is 0 Å². The quantitative estimate of drug-likeness (QED) is 0.753. The molecule has 0 unspecified atom stereocenters. The largest absolute Gasteiger partial charge is 0.366 e. The standard InChI is InChI=1S/C14H15F2N7/c15-14(16)3-5-22(6-4-14)12-10(9-7-18-19-8-9)1-2-11-20-13(17)21-23(11)12/h1-2,7-8H,3-6H2,(H2,17,21)(H,18,19). The van der Waals surface area contributed by atoms with Crippen molar-refractivity contribution in [1.29, 1.82) is 0 Å². The third-order valence-corrected chi connectivity index (χ3v) is 4.09. The van der Waals surface area contributed by atoms with Crippen LogP contribution in [0.25, 0.3) is 16.8 Å². The summed E-state index contributed by atoms with van der Waals surface area (Å²) in [6.45, 7) is 0.494. The highest BCUT2D eigenvalue weighted by Gasteiger charge is 2.35. The summed E-state index contributed by atoms with van der Waals surface area (Å²) < 4.78 is 28.6. The summed E-state index contributed by atoms with van der Waals surface area (Å²) >= 11 is 0. The second-order valence-electron chi connectivity index (χ2n) is 5.64. The Labute approximate surface area is 130 Å². The van der Waals surface area contributed by atoms with E-state index in [1.807, 2.05) is 11.0 Å². The molecule has 3 aromatic heterocycles. The fourth-order valence-electron chi connectivity index (χ4n) is 2.92. The first-order valence-electron chi connectivity index (χ1n) is 7.31. The van der Waals surface area contributed by atoms with Crippen molar-refractivity contribution in [2.24, 2.45) is 0 Å². The van der Waals surface area contributed by atoms with Gasteiger partial charge in [0, 0.05) is 43.3 Å². The molecule has 0 spiro atoms. The van der Waals surface area contributed by atoms with Crippen LogP contribution < -0.4 is 10.6 Å². The van der Waals surface area contributed by atoms with Crippen molar-refractivity contribution in [3.05, 3.63) is 24.5 Å². The summed E-state index contributed by atoms with van der Waals surface area (Å²) in [5.41, 5.74) is 7.99. The van der Waals surface area contributed by atoms with Gasteiger partial charge in [0.05, 0.1) is 6.20 Å². The van der Waals surface area contributed by atoms with Gasteiger partial charge in [-0.05, 0) is 12.1 Å². The lowest BCUT2D eigenvalue weighted by Gasteiger charge is -2.34. The predicted molar refractivity (Wildman–Crippen MR) is 81.4 cm³/mol. The number of nitrogens with zero attached hydrogens (tertiary/aromatic N) is 5. The van der Waals surface area contributed by atoms with Crippen molar-refractivity contribution >= 4 is 17.4 Å². The minimum absolute atomic E-state index is 0.151. The molecular weight excluding hydrogens is 304 g/mol. The van der Waals surface area contributed by atoms with E-state index in [4.69, 9.17) is 5.73 Å². The Kier molecular flexibility index (Phi) is 2.97. The lowest BCUT2D eigenvalue weighted by Crippen LogP contribution is -2.40. The Bertz CT molecular complexity index is 830. The summed E-state index contributed by atoms with van der Waals surface area (Å²) in [5.74, 6) is -1.75. The summed E-state index contributed by atoms with van der Waals surface area (Å²) in [4.78, 5) is 6.05. The van der Waals surface area contributed by atoms with E-state index in [1.54, 1.807) is 23.0 Å². The molecular formula is C14H15F2N7. The maximum atomic E-state index is 13.5. The van der Waals surface area contributed by atoms with Crippen LogP contribution in [-0.2, 0) is 0 Å². The van der Waals surface area contributed by atoms with Crippen LogP contribution >= 0.6 is 0 Å². The average Bonchev–Trinajstić information content (AvgIpc) is 3.14. The molecule has 1 aliphatic heterocycles. The molecule has 0 bridgehead atoms. The highest BCUT2D eigenvalue weighted by atomic mass is 19.3. The first kappa shape index (κ1) is 13.9. The van der Waals surface area contributed by atoms with Crippen molar-refractivity contribution in [3.8, 4) is 11.1 Å². The van der Waals surface area contributed by atoms with Gasteiger partial charge in [-0.15, -0.1) is 5.10 Å². The van der Waals surface area contributed by atoms with Crippen molar-refractivity contribution in [2.75, 3.05) is 23.7 Å². The number of hydrogen-bond donors (Lipinski definition) is 2. The van der Waals surface area contributed by atoms with Gasteiger partial charge >= 0.3 is 0 Å². The molecule has 1 aliphatic rings. The van der Waals surface area contributed by atoms with Crippen molar-refractivity contribution in [2.45, 2.75) is 18.8 Å². The molecule has 4 heterocycles. The summed E-state index contributed by atoms with van der Waals surface area (Å²) in [7, 11) is 0. The molecule has 4 rings (SSSR count). The van der Waals surface area contributed by atoms with Gasteiger partial charge in [0.15, 0.2) is 5.65 Å². The number of pyridine rings is 1. The normalized spacial score (nSPS) is 17.7. The van der Waals surface area contributed by atoms with Crippen LogP contribution in [0.15, 0.2) is 24.5 Å². The maximum Gasteiger partial charge on any atom is 0.251 e. The lowest BCUT2D eigenvalue weighted by molar-refractivity contribution is -0.0221. The zero-order valence-corrected chi connectivity index (χ0v) is 12.2. The number of H-pyrrole nitrogens is 1. The Morgan fingerprint density at radius 1 is 1.22 bits per heavy atom. The fourth-order valence-corrected chi connectivity index (χ4v) is 2.92. The topological polar surface area (TPSA) is 88.1 Å². The minimum Gasteiger partial charge on any atom is -0.366 e. The zero-order valence-electron chi connectivity index (χ0n) is 12.2. The number of halogens is 2. The van der Waals surface area contributed by atoms with E-state index in [0.717, 1.165) is 11.1 Å². The van der Waals surface area contributed by atoms with Gasteiger partial charge in [-0.3, -0.25) is 5.10 Å². The molecule has 1 saturated heterocycles. The van der Waals surface area contributed by atoms with Gasteiger partial charge in [-0.1, -0.05) is 0 Å². The third-order valence-electron chi connectivity index (χ3n) is 4.09. The van der Waals surface area contributed by atoms with Crippen LogP contribution in [0.2, 0.25) is 0 Å². The number of fused-ring (bicyclic) bond motifs is 1. The highest BCUT2D eigenvalue weighted by Crippen LogP contribution is 2.36. The van der Waals surface area contributed by atoms with Gasteiger partial charge in [0.1, 0.15) is 5.82 Å². The molecule has 120 valence electrons. The monoisotopic (exact) mass is 319 g/mol. The molecule has 3 aromatic rings. The number of nitrogens with one attached hydrogen (secondary N) is 1. The van der Waals surface area contributed by atoms with E-state index in [0.29, 0.717) is 11.5 Å². The SMILES string of the molecule is Nc1nc2ccc(-c3cn[nH]c3)c(N3CCC(F)(F)CC3)n2n1. The smallest absolute Gasteiger partial charge is 0.251 e. The fraction of sp³-hybridized carbons (Fsp3) is 0.357. The van der Waals surface area contributed by atoms with Crippen LogP contribution in [0.5, 0.6) is 0 Å². The summed E-state index contributed by atoms with van der Waals surface area (Å²) in [5, 5.41) is 10.9. The number of alkyl halides is 2. The van der Waals surface area contributed by atoms with Gasteiger partial charge in [-0.2, -0.15) is 14.6 Å². The van der Waals surface area contributed by atoms with Crippen LogP contribution in [0.4, 0.5) is 20.5 Å². The second kappa shape index (κ2) is 4.90. The molecule has 23 heavy (non-hydrogen) atoms. The van der Waals surface area contributed by atoms with Crippen LogP contribution in [-0.4, -0.2) is 43.8 Å². The first-order valence-corrected chi connectivity index (χ1v) is 7.31. The maximum absolute atomic E-state index is 13.5. The number of anilines is 2. The predicted octanol–water partition coefficient (Wildman–Crippen LogP) is 1.94. The zero-order chi connectivity index (χ0) is 16.0. The summed E-state index contributed by atoms with van der Waals surface area (Å²) in [6, 6.07) is 3.68. The lowest BCUT2D eigenvalue weighted by atomic mass is 10.0. The minimum atomic E-state index is -2.61. The molecule has 7 nitrogen and oxygen atoms in total. The molecule has 0 aromatic carbocycles. The number of piperidine rings is 1. The number of aromatic amines is 1. The van der Waals surface area contributed by atoms with Crippen LogP contribution in [0, 0.1) is 0 Å². The Morgan fingerprint density at radius 2 is 2.00 bits per heavy atom. The van der Waals surface area contributed by atoms with Gasteiger partial charge in [0.25, 0.3) is 5.92 Å².